The van der Waals surface area contributed by atoms with Crippen molar-refractivity contribution in [2.45, 2.75) is 30.5 Å². The lowest BCUT2D eigenvalue weighted by atomic mass is 10.4. The second-order valence-electron chi connectivity index (χ2n) is 4.14. The predicted octanol–water partition coefficient (Wildman–Crippen LogP) is 1.67. The van der Waals surface area contributed by atoms with E-state index < -0.39 is 0 Å². The smallest absolute Gasteiger partial charge is 0.318 e. The number of rotatable bonds is 6. The van der Waals surface area contributed by atoms with E-state index >= 15 is 0 Å². The van der Waals surface area contributed by atoms with E-state index in [0.717, 1.165) is 5.76 Å². The lowest BCUT2D eigenvalue weighted by molar-refractivity contribution is -0.139. The van der Waals surface area contributed by atoms with Crippen molar-refractivity contribution in [2.24, 2.45) is 0 Å². The second kappa shape index (κ2) is 6.62. The van der Waals surface area contributed by atoms with Gasteiger partial charge in [0.15, 0.2) is 5.16 Å². The van der Waals surface area contributed by atoms with Gasteiger partial charge < -0.3 is 18.8 Å². The highest BCUT2D eigenvalue weighted by molar-refractivity contribution is 8.00. The monoisotopic (exact) mass is 296 g/mol. The van der Waals surface area contributed by atoms with E-state index in [0.29, 0.717) is 17.4 Å². The maximum atomic E-state index is 11.5. The van der Waals surface area contributed by atoms with Gasteiger partial charge in [0, 0.05) is 0 Å². The Morgan fingerprint density at radius 3 is 3.05 bits per heavy atom. The average molecular weight is 296 g/mol. The Balaban J connectivity index is 2.20. The molecule has 6 nitrogen and oxygen atoms in total. The molecule has 0 spiro atoms. The summed E-state index contributed by atoms with van der Waals surface area (Å²) in [6, 6.07) is 3.65. The molecule has 2 rings (SSSR count). The number of hydrogen-bond acceptors (Lipinski definition) is 6. The minimum atomic E-state index is -0.371. The first-order valence-electron chi connectivity index (χ1n) is 6.07. The normalized spacial score (nSPS) is 12.3. The summed E-state index contributed by atoms with van der Waals surface area (Å²) in [4.78, 5) is 15.7. The summed E-state index contributed by atoms with van der Waals surface area (Å²) in [5, 5.41) is 9.63. The number of imidazole rings is 1. The zero-order valence-corrected chi connectivity index (χ0v) is 12.1. The number of carbonyl (C=O) groups is 1. The lowest BCUT2D eigenvalue weighted by Gasteiger charge is -2.11. The SMILES string of the molecule is COC(=O)C(C)Sc1ncc(CO)n1Cc1ccco1. The third-order valence-electron chi connectivity index (χ3n) is 2.77. The first-order valence-corrected chi connectivity index (χ1v) is 6.95. The van der Waals surface area contributed by atoms with Crippen molar-refractivity contribution < 1.29 is 19.1 Å². The quantitative estimate of drug-likeness (QED) is 0.645. The highest BCUT2D eigenvalue weighted by Gasteiger charge is 2.19. The van der Waals surface area contributed by atoms with Crippen molar-refractivity contribution in [3.63, 3.8) is 0 Å². The summed E-state index contributed by atoms with van der Waals surface area (Å²) in [6.45, 7) is 2.08. The van der Waals surface area contributed by atoms with Gasteiger partial charge in [0.2, 0.25) is 0 Å². The van der Waals surface area contributed by atoms with Gasteiger partial charge >= 0.3 is 5.97 Å². The molecule has 0 aliphatic heterocycles. The standard InChI is InChI=1S/C13H16N2O4S/c1-9(12(17)18-2)20-13-14-6-10(8-16)15(13)7-11-4-3-5-19-11/h3-6,9,16H,7-8H2,1-2H3. The largest absolute Gasteiger partial charge is 0.468 e. The van der Waals surface area contributed by atoms with Crippen molar-refractivity contribution >= 4 is 17.7 Å². The molecule has 0 aliphatic carbocycles. The number of methoxy groups -OCH3 is 1. The number of aliphatic hydroxyl groups excluding tert-OH is 1. The van der Waals surface area contributed by atoms with Crippen molar-refractivity contribution in [2.75, 3.05) is 7.11 Å². The van der Waals surface area contributed by atoms with Crippen LogP contribution < -0.4 is 0 Å². The molecule has 108 valence electrons. The van der Waals surface area contributed by atoms with E-state index in [1.165, 1.54) is 18.9 Å². The van der Waals surface area contributed by atoms with Crippen molar-refractivity contribution in [1.82, 2.24) is 9.55 Å². The van der Waals surface area contributed by atoms with Gasteiger partial charge in [0.05, 0.1) is 38.4 Å². The van der Waals surface area contributed by atoms with Gasteiger partial charge in [0.25, 0.3) is 0 Å². The van der Waals surface area contributed by atoms with E-state index in [2.05, 4.69) is 4.98 Å². The molecule has 0 fully saturated rings. The molecule has 0 bridgehead atoms. The van der Waals surface area contributed by atoms with E-state index in [-0.39, 0.29) is 17.8 Å². The third kappa shape index (κ3) is 3.23. The minimum Gasteiger partial charge on any atom is -0.468 e. The van der Waals surface area contributed by atoms with E-state index in [9.17, 15) is 9.90 Å². The molecule has 1 N–H and O–H groups in total. The minimum absolute atomic E-state index is 0.124. The number of hydrogen-bond donors (Lipinski definition) is 1. The number of furan rings is 1. The number of ether oxygens (including phenoxy) is 1. The molecule has 0 aromatic carbocycles. The Labute approximate surface area is 120 Å². The fourth-order valence-corrected chi connectivity index (χ4v) is 2.64. The summed E-state index contributed by atoms with van der Waals surface area (Å²) in [7, 11) is 1.36. The highest BCUT2D eigenvalue weighted by atomic mass is 32.2. The summed E-state index contributed by atoms with van der Waals surface area (Å²) >= 11 is 1.29. The van der Waals surface area contributed by atoms with Crippen LogP contribution in [0.5, 0.6) is 0 Å². The fraction of sp³-hybridized carbons (Fsp3) is 0.385. The lowest BCUT2D eigenvalue weighted by Crippen LogP contribution is -2.16. The Morgan fingerprint density at radius 2 is 2.45 bits per heavy atom. The van der Waals surface area contributed by atoms with Gasteiger partial charge in [-0.25, -0.2) is 4.98 Å². The maximum absolute atomic E-state index is 11.5. The number of thioether (sulfide) groups is 1. The van der Waals surface area contributed by atoms with Crippen LogP contribution >= 0.6 is 11.8 Å². The molecular weight excluding hydrogens is 280 g/mol. The van der Waals surface area contributed by atoms with Gasteiger partial charge in [-0.2, -0.15) is 0 Å². The average Bonchev–Trinajstić information content (AvgIpc) is 3.09. The summed E-state index contributed by atoms with van der Waals surface area (Å²) in [5.41, 5.74) is 0.668. The van der Waals surface area contributed by atoms with Crippen LogP contribution in [0.25, 0.3) is 0 Å². The number of aromatic nitrogens is 2. The number of aliphatic hydroxyl groups is 1. The van der Waals surface area contributed by atoms with E-state index in [1.54, 1.807) is 25.5 Å². The Morgan fingerprint density at radius 1 is 1.65 bits per heavy atom. The molecular formula is C13H16N2O4S. The molecule has 2 aromatic rings. The van der Waals surface area contributed by atoms with Crippen molar-refractivity contribution in [1.29, 1.82) is 0 Å². The molecule has 20 heavy (non-hydrogen) atoms. The first kappa shape index (κ1) is 14.7. The predicted molar refractivity (Wildman–Crippen MR) is 73.3 cm³/mol. The van der Waals surface area contributed by atoms with Crippen LogP contribution in [0.15, 0.2) is 34.2 Å². The topological polar surface area (TPSA) is 77.5 Å². The van der Waals surface area contributed by atoms with Gasteiger partial charge in [-0.05, 0) is 19.1 Å². The first-order chi connectivity index (χ1) is 9.65. The van der Waals surface area contributed by atoms with Crippen LogP contribution in [0.2, 0.25) is 0 Å². The van der Waals surface area contributed by atoms with Crippen LogP contribution in [-0.2, 0) is 22.7 Å². The molecule has 0 amide bonds. The van der Waals surface area contributed by atoms with E-state index in [4.69, 9.17) is 9.15 Å². The molecule has 7 heteroatoms. The Hall–Kier alpha value is -1.73. The fourth-order valence-electron chi connectivity index (χ4n) is 1.71. The van der Waals surface area contributed by atoms with Gasteiger partial charge in [-0.3, -0.25) is 4.79 Å². The van der Waals surface area contributed by atoms with E-state index in [1.807, 2.05) is 10.6 Å². The number of carbonyl (C=O) groups excluding carboxylic acids is 1. The van der Waals surface area contributed by atoms with Crippen LogP contribution in [0.1, 0.15) is 18.4 Å². The summed E-state index contributed by atoms with van der Waals surface area (Å²) in [5.74, 6) is 0.443. The second-order valence-corrected chi connectivity index (χ2v) is 5.45. The summed E-state index contributed by atoms with van der Waals surface area (Å²) < 4.78 is 11.8. The molecule has 0 radical (unpaired) electrons. The van der Waals surface area contributed by atoms with Gasteiger partial charge in [-0.1, -0.05) is 11.8 Å². The van der Waals surface area contributed by atoms with Crippen molar-refractivity contribution in [3.8, 4) is 0 Å². The third-order valence-corrected chi connectivity index (χ3v) is 3.86. The Kier molecular flexibility index (Phi) is 4.86. The maximum Gasteiger partial charge on any atom is 0.318 e. The Bertz CT molecular complexity index is 565. The number of esters is 1. The zero-order valence-electron chi connectivity index (χ0n) is 11.3. The molecule has 0 aliphatic rings. The molecule has 2 aromatic heterocycles. The van der Waals surface area contributed by atoms with Crippen LogP contribution in [0.3, 0.4) is 0 Å². The van der Waals surface area contributed by atoms with Crippen LogP contribution in [-0.4, -0.2) is 33.0 Å². The molecule has 0 saturated heterocycles. The summed E-state index contributed by atoms with van der Waals surface area (Å²) in [6.07, 6.45) is 3.18. The van der Waals surface area contributed by atoms with Crippen LogP contribution in [0.4, 0.5) is 0 Å². The highest BCUT2D eigenvalue weighted by Crippen LogP contribution is 2.25. The molecule has 2 heterocycles. The molecule has 1 unspecified atom stereocenters. The number of nitrogens with zero attached hydrogens (tertiary/aromatic N) is 2. The zero-order chi connectivity index (χ0) is 14.5. The molecule has 0 saturated carbocycles. The van der Waals surface area contributed by atoms with Gasteiger partial charge in [0.1, 0.15) is 11.0 Å². The molecule has 1 atom stereocenters. The van der Waals surface area contributed by atoms with Crippen molar-refractivity contribution in [3.05, 3.63) is 36.0 Å². The van der Waals surface area contributed by atoms with Gasteiger partial charge in [-0.15, -0.1) is 0 Å². The van der Waals surface area contributed by atoms with Crippen LogP contribution in [0, 0.1) is 0 Å².